The Kier molecular flexibility index (Phi) is 3.82. The molecule has 2 N–H and O–H groups in total. The molecule has 1 heterocycles. The number of methoxy groups -OCH3 is 1. The number of halogens is 1. The first kappa shape index (κ1) is 12.6. The third kappa shape index (κ3) is 2.51. The maximum Gasteiger partial charge on any atom is 0.145 e. The highest BCUT2D eigenvalue weighted by Gasteiger charge is 2.23. The van der Waals surface area contributed by atoms with Crippen LogP contribution in [-0.4, -0.2) is 19.7 Å². The number of hydrogen-bond acceptors (Lipinski definition) is 3. The Morgan fingerprint density at radius 2 is 2.18 bits per heavy atom. The second-order valence-electron chi connectivity index (χ2n) is 4.59. The fourth-order valence-corrected chi connectivity index (χ4v) is 3.15. The second-order valence-corrected chi connectivity index (χ2v) is 5.45. The molecule has 0 amide bonds. The molecule has 1 aromatic rings. The summed E-state index contributed by atoms with van der Waals surface area (Å²) in [5.74, 6) is 0.852. The lowest BCUT2D eigenvalue weighted by Gasteiger charge is -2.36. The molecular formula is C13H19BrN2O. The van der Waals surface area contributed by atoms with Gasteiger partial charge in [-0.15, -0.1) is 0 Å². The van der Waals surface area contributed by atoms with E-state index in [9.17, 15) is 0 Å². The van der Waals surface area contributed by atoms with Crippen molar-refractivity contribution in [3.63, 3.8) is 0 Å². The first-order valence-corrected chi connectivity index (χ1v) is 6.82. The minimum absolute atomic E-state index is 0.553. The van der Waals surface area contributed by atoms with Crippen LogP contribution in [0.15, 0.2) is 16.6 Å². The molecule has 17 heavy (non-hydrogen) atoms. The molecule has 0 aliphatic carbocycles. The first-order valence-electron chi connectivity index (χ1n) is 6.03. The molecule has 1 fully saturated rings. The van der Waals surface area contributed by atoms with E-state index < -0.39 is 0 Å². The molecule has 1 saturated heterocycles. The Morgan fingerprint density at radius 3 is 2.82 bits per heavy atom. The van der Waals surface area contributed by atoms with Gasteiger partial charge < -0.3 is 15.4 Å². The molecule has 1 aromatic carbocycles. The summed E-state index contributed by atoms with van der Waals surface area (Å²) in [6, 6.07) is 4.39. The molecule has 0 bridgehead atoms. The second kappa shape index (κ2) is 5.17. The first-order chi connectivity index (χ1) is 8.13. The average molecular weight is 299 g/mol. The van der Waals surface area contributed by atoms with Gasteiger partial charge in [0.05, 0.1) is 12.8 Å². The number of hydrogen-bond donors (Lipinski definition) is 1. The largest absolute Gasteiger partial charge is 0.494 e. The van der Waals surface area contributed by atoms with Crippen molar-refractivity contribution in [3.05, 3.63) is 16.6 Å². The number of nitrogen functional groups attached to an aromatic ring is 1. The van der Waals surface area contributed by atoms with Crippen LogP contribution in [0, 0.1) is 0 Å². The zero-order valence-electron chi connectivity index (χ0n) is 10.4. The smallest absolute Gasteiger partial charge is 0.145 e. The van der Waals surface area contributed by atoms with Gasteiger partial charge in [-0.05, 0) is 48.2 Å². The van der Waals surface area contributed by atoms with Gasteiger partial charge in [0, 0.05) is 28.8 Å². The van der Waals surface area contributed by atoms with Crippen LogP contribution in [0.5, 0.6) is 5.75 Å². The fourth-order valence-electron chi connectivity index (χ4n) is 2.46. The van der Waals surface area contributed by atoms with Crippen molar-refractivity contribution in [2.24, 2.45) is 0 Å². The lowest BCUT2D eigenvalue weighted by molar-refractivity contribution is 0.407. The minimum atomic E-state index is 0.553. The molecule has 1 aliphatic heterocycles. The molecule has 1 unspecified atom stereocenters. The van der Waals surface area contributed by atoms with E-state index in [4.69, 9.17) is 10.5 Å². The highest BCUT2D eigenvalue weighted by atomic mass is 79.9. The monoisotopic (exact) mass is 298 g/mol. The summed E-state index contributed by atoms with van der Waals surface area (Å²) in [5.41, 5.74) is 7.70. The van der Waals surface area contributed by atoms with Crippen molar-refractivity contribution in [3.8, 4) is 5.75 Å². The van der Waals surface area contributed by atoms with Crippen molar-refractivity contribution in [2.45, 2.75) is 32.2 Å². The Balaban J connectivity index is 2.42. The molecule has 0 saturated carbocycles. The van der Waals surface area contributed by atoms with Crippen LogP contribution in [0.25, 0.3) is 0 Å². The Morgan fingerprint density at radius 1 is 1.41 bits per heavy atom. The number of rotatable bonds is 2. The van der Waals surface area contributed by atoms with E-state index in [-0.39, 0.29) is 0 Å². The van der Waals surface area contributed by atoms with Crippen molar-refractivity contribution < 1.29 is 4.74 Å². The third-order valence-corrected chi connectivity index (χ3v) is 3.97. The van der Waals surface area contributed by atoms with E-state index in [1.807, 2.05) is 12.1 Å². The Bertz CT molecular complexity index is 409. The zero-order chi connectivity index (χ0) is 12.4. The van der Waals surface area contributed by atoms with E-state index in [0.717, 1.165) is 28.1 Å². The topological polar surface area (TPSA) is 38.5 Å². The summed E-state index contributed by atoms with van der Waals surface area (Å²) in [6.45, 7) is 3.35. The summed E-state index contributed by atoms with van der Waals surface area (Å²) >= 11 is 3.60. The molecular weight excluding hydrogens is 280 g/mol. The average Bonchev–Trinajstić information content (AvgIpc) is 2.29. The molecule has 1 atom stereocenters. The van der Waals surface area contributed by atoms with Gasteiger partial charge in [0.2, 0.25) is 0 Å². The summed E-state index contributed by atoms with van der Waals surface area (Å²) in [6.07, 6.45) is 3.79. The van der Waals surface area contributed by atoms with Gasteiger partial charge in [-0.3, -0.25) is 0 Å². The quantitative estimate of drug-likeness (QED) is 0.850. The Labute approximate surface area is 111 Å². The predicted octanol–water partition coefficient (Wildman–Crippen LogP) is 3.42. The van der Waals surface area contributed by atoms with Crippen molar-refractivity contribution in [1.82, 2.24) is 0 Å². The van der Waals surface area contributed by atoms with Gasteiger partial charge in [0.25, 0.3) is 0 Å². The van der Waals surface area contributed by atoms with E-state index in [1.165, 1.54) is 19.3 Å². The van der Waals surface area contributed by atoms with E-state index >= 15 is 0 Å². The maximum absolute atomic E-state index is 5.84. The van der Waals surface area contributed by atoms with Crippen LogP contribution in [0.3, 0.4) is 0 Å². The van der Waals surface area contributed by atoms with Crippen LogP contribution >= 0.6 is 15.9 Å². The normalized spacial score (nSPS) is 20.4. The van der Waals surface area contributed by atoms with Gasteiger partial charge in [-0.2, -0.15) is 0 Å². The van der Waals surface area contributed by atoms with Gasteiger partial charge in [-0.1, -0.05) is 0 Å². The Hall–Kier alpha value is -0.900. The summed E-state index contributed by atoms with van der Waals surface area (Å²) < 4.78 is 6.47. The van der Waals surface area contributed by atoms with Crippen molar-refractivity contribution >= 4 is 27.3 Å². The molecule has 2 rings (SSSR count). The van der Waals surface area contributed by atoms with E-state index in [2.05, 4.69) is 27.8 Å². The highest BCUT2D eigenvalue weighted by Crippen LogP contribution is 2.40. The number of piperidine rings is 1. The molecule has 0 radical (unpaired) electrons. The molecule has 1 aliphatic rings. The summed E-state index contributed by atoms with van der Waals surface area (Å²) in [7, 11) is 1.69. The summed E-state index contributed by atoms with van der Waals surface area (Å²) in [5, 5.41) is 0. The summed E-state index contributed by atoms with van der Waals surface area (Å²) in [4.78, 5) is 2.41. The van der Waals surface area contributed by atoms with Gasteiger partial charge >= 0.3 is 0 Å². The number of nitrogens with two attached hydrogens (primary N) is 1. The lowest BCUT2D eigenvalue weighted by Crippen LogP contribution is -2.37. The number of benzene rings is 1. The number of anilines is 2. The maximum atomic E-state index is 5.84. The van der Waals surface area contributed by atoms with Crippen LogP contribution in [0.2, 0.25) is 0 Å². The van der Waals surface area contributed by atoms with Crippen LogP contribution in [0.1, 0.15) is 26.2 Å². The van der Waals surface area contributed by atoms with Gasteiger partial charge in [0.1, 0.15) is 5.75 Å². The minimum Gasteiger partial charge on any atom is -0.494 e. The van der Waals surface area contributed by atoms with Crippen LogP contribution < -0.4 is 15.4 Å². The third-order valence-electron chi connectivity index (χ3n) is 3.36. The zero-order valence-corrected chi connectivity index (χ0v) is 12.0. The van der Waals surface area contributed by atoms with Crippen LogP contribution in [-0.2, 0) is 0 Å². The fraction of sp³-hybridized carbons (Fsp3) is 0.538. The van der Waals surface area contributed by atoms with Gasteiger partial charge in [-0.25, -0.2) is 0 Å². The van der Waals surface area contributed by atoms with Crippen LogP contribution in [0.4, 0.5) is 11.4 Å². The standard InChI is InChI=1S/C13H19BrN2O/c1-9-5-3-4-6-16(9)13-11(14)7-10(15)8-12(13)17-2/h7-9H,3-6,15H2,1-2H3. The van der Waals surface area contributed by atoms with E-state index in [1.54, 1.807) is 7.11 Å². The predicted molar refractivity (Wildman–Crippen MR) is 75.8 cm³/mol. The van der Waals surface area contributed by atoms with E-state index in [0.29, 0.717) is 6.04 Å². The van der Waals surface area contributed by atoms with Crippen molar-refractivity contribution in [1.29, 1.82) is 0 Å². The number of ether oxygens (including phenoxy) is 1. The molecule has 94 valence electrons. The van der Waals surface area contributed by atoms with Gasteiger partial charge in [0.15, 0.2) is 0 Å². The number of nitrogens with zero attached hydrogens (tertiary/aromatic N) is 1. The highest BCUT2D eigenvalue weighted by molar-refractivity contribution is 9.10. The SMILES string of the molecule is COc1cc(N)cc(Br)c1N1CCCCC1C. The molecule has 4 heteroatoms. The molecule has 0 spiro atoms. The van der Waals surface area contributed by atoms with Crippen molar-refractivity contribution in [2.75, 3.05) is 24.3 Å². The molecule has 0 aromatic heterocycles. The molecule has 3 nitrogen and oxygen atoms in total. The lowest BCUT2D eigenvalue weighted by atomic mass is 10.0.